The second kappa shape index (κ2) is 7.16. The van der Waals surface area contributed by atoms with E-state index < -0.39 is 0 Å². The van der Waals surface area contributed by atoms with Gasteiger partial charge in [-0.05, 0) is 55.3 Å². The third kappa shape index (κ3) is 3.65. The molecule has 1 heterocycles. The number of rotatable bonds is 3. The van der Waals surface area contributed by atoms with E-state index in [1.165, 1.54) is 23.3 Å². The highest BCUT2D eigenvalue weighted by atomic mass is 19.1. The largest absolute Gasteiger partial charge is 0.338 e. The summed E-state index contributed by atoms with van der Waals surface area (Å²) in [5, 5.41) is 3.44. The number of aliphatic imine (C=N–C) groups is 2. The third-order valence-corrected chi connectivity index (χ3v) is 4.59. The molecular weight excluding hydrogens is 337 g/mol. The molecule has 0 aromatic heterocycles. The Hall–Kier alpha value is -3.27. The zero-order chi connectivity index (χ0) is 18.8. The Kier molecular flexibility index (Phi) is 4.55. The molecular formula is C23H20FN3. The van der Waals surface area contributed by atoms with E-state index in [0.29, 0.717) is 5.84 Å². The van der Waals surface area contributed by atoms with E-state index in [1.54, 1.807) is 12.1 Å². The third-order valence-electron chi connectivity index (χ3n) is 4.59. The first kappa shape index (κ1) is 17.2. The van der Waals surface area contributed by atoms with Crippen LogP contribution in [0.1, 0.15) is 29.2 Å². The Morgan fingerprint density at radius 3 is 2.26 bits per heavy atom. The number of nitrogens with one attached hydrogen (secondary N) is 1. The number of aryl methyl sites for hydroxylation is 2. The minimum Gasteiger partial charge on any atom is -0.338 e. The Bertz CT molecular complexity index is 1030. The smallest absolute Gasteiger partial charge is 0.162 e. The maximum absolute atomic E-state index is 13.3. The van der Waals surface area contributed by atoms with Gasteiger partial charge in [-0.3, -0.25) is 0 Å². The molecule has 0 unspecified atom stereocenters. The average molecular weight is 357 g/mol. The van der Waals surface area contributed by atoms with Crippen molar-refractivity contribution in [2.75, 3.05) is 5.32 Å². The van der Waals surface area contributed by atoms with Gasteiger partial charge in [-0.1, -0.05) is 42.8 Å². The van der Waals surface area contributed by atoms with Crippen LogP contribution in [0.4, 0.5) is 15.8 Å². The number of hydrogen-bond donors (Lipinski definition) is 1. The lowest BCUT2D eigenvalue weighted by Gasteiger charge is -2.11. The van der Waals surface area contributed by atoms with E-state index in [-0.39, 0.29) is 5.82 Å². The molecule has 0 saturated heterocycles. The van der Waals surface area contributed by atoms with Crippen LogP contribution in [-0.4, -0.2) is 11.7 Å². The first-order valence-electron chi connectivity index (χ1n) is 9.02. The Morgan fingerprint density at radius 1 is 0.852 bits per heavy atom. The SMILES string of the molecule is CCc1ccc2c(c1)NC(c1ccc(C)cc1)=NC(c1ccc(F)cc1)=N2. The maximum atomic E-state index is 13.3. The van der Waals surface area contributed by atoms with Gasteiger partial charge in [-0.15, -0.1) is 0 Å². The normalized spacial score (nSPS) is 13.1. The van der Waals surface area contributed by atoms with Crippen LogP contribution in [-0.2, 0) is 6.42 Å². The zero-order valence-corrected chi connectivity index (χ0v) is 15.3. The molecule has 0 spiro atoms. The highest BCUT2D eigenvalue weighted by molar-refractivity contribution is 6.19. The van der Waals surface area contributed by atoms with Crippen molar-refractivity contribution in [3.8, 4) is 0 Å². The Morgan fingerprint density at radius 2 is 1.56 bits per heavy atom. The molecule has 0 fully saturated rings. The molecule has 4 rings (SSSR count). The van der Waals surface area contributed by atoms with E-state index in [1.807, 2.05) is 18.2 Å². The fraction of sp³-hybridized carbons (Fsp3) is 0.130. The summed E-state index contributed by atoms with van der Waals surface area (Å²) in [6.07, 6.45) is 0.945. The summed E-state index contributed by atoms with van der Waals surface area (Å²) >= 11 is 0. The fourth-order valence-electron chi connectivity index (χ4n) is 2.98. The highest BCUT2D eigenvalue weighted by Crippen LogP contribution is 2.30. The fourth-order valence-corrected chi connectivity index (χ4v) is 2.98. The summed E-state index contributed by atoms with van der Waals surface area (Å²) in [6.45, 7) is 4.18. The van der Waals surface area contributed by atoms with Gasteiger partial charge in [-0.2, -0.15) is 0 Å². The van der Waals surface area contributed by atoms with Crippen molar-refractivity contribution in [3.05, 3.63) is 94.8 Å². The summed E-state index contributed by atoms with van der Waals surface area (Å²) in [7, 11) is 0. The number of fused-ring (bicyclic) bond motifs is 1. The molecule has 4 heteroatoms. The topological polar surface area (TPSA) is 36.8 Å². The van der Waals surface area contributed by atoms with Crippen molar-refractivity contribution < 1.29 is 4.39 Å². The van der Waals surface area contributed by atoms with Gasteiger partial charge in [0.05, 0.1) is 11.4 Å². The summed E-state index contributed by atoms with van der Waals surface area (Å²) < 4.78 is 13.3. The molecule has 3 nitrogen and oxygen atoms in total. The Balaban J connectivity index is 1.87. The lowest BCUT2D eigenvalue weighted by molar-refractivity contribution is 0.628. The van der Waals surface area contributed by atoms with Crippen LogP contribution in [0.2, 0.25) is 0 Å². The van der Waals surface area contributed by atoms with Gasteiger partial charge in [-0.25, -0.2) is 14.4 Å². The van der Waals surface area contributed by atoms with Crippen molar-refractivity contribution in [2.45, 2.75) is 20.3 Å². The molecule has 0 aliphatic carbocycles. The minimum atomic E-state index is -0.276. The van der Waals surface area contributed by atoms with Crippen LogP contribution < -0.4 is 5.32 Å². The number of benzene rings is 3. The summed E-state index contributed by atoms with van der Waals surface area (Å²) in [5.41, 5.74) is 5.91. The van der Waals surface area contributed by atoms with Gasteiger partial charge in [0.2, 0.25) is 0 Å². The predicted molar refractivity (Wildman–Crippen MR) is 110 cm³/mol. The average Bonchev–Trinajstić information content (AvgIpc) is 2.88. The van der Waals surface area contributed by atoms with Gasteiger partial charge in [0, 0.05) is 11.1 Å². The van der Waals surface area contributed by atoms with Gasteiger partial charge in [0.25, 0.3) is 0 Å². The van der Waals surface area contributed by atoms with E-state index in [0.717, 1.165) is 34.8 Å². The zero-order valence-electron chi connectivity index (χ0n) is 15.3. The van der Waals surface area contributed by atoms with Gasteiger partial charge in [0.15, 0.2) is 5.84 Å². The lowest BCUT2D eigenvalue weighted by atomic mass is 10.1. The van der Waals surface area contributed by atoms with Crippen LogP contribution in [0.25, 0.3) is 0 Å². The summed E-state index contributed by atoms with van der Waals surface area (Å²) in [6, 6.07) is 20.6. The van der Waals surface area contributed by atoms with Crippen LogP contribution in [0.3, 0.4) is 0 Å². The van der Waals surface area contributed by atoms with Gasteiger partial charge < -0.3 is 5.32 Å². The molecule has 3 aromatic carbocycles. The first-order chi connectivity index (χ1) is 13.1. The Labute approximate surface area is 158 Å². The summed E-state index contributed by atoms with van der Waals surface area (Å²) in [4.78, 5) is 9.53. The second-order valence-electron chi connectivity index (χ2n) is 6.60. The predicted octanol–water partition coefficient (Wildman–Crippen LogP) is 5.65. The molecule has 0 atom stereocenters. The maximum Gasteiger partial charge on any atom is 0.162 e. The number of anilines is 1. The summed E-state index contributed by atoms with van der Waals surface area (Å²) in [5.74, 6) is 1.01. The molecule has 134 valence electrons. The van der Waals surface area contributed by atoms with E-state index >= 15 is 0 Å². The molecule has 0 amide bonds. The van der Waals surface area contributed by atoms with Crippen molar-refractivity contribution in [3.63, 3.8) is 0 Å². The van der Waals surface area contributed by atoms with E-state index in [4.69, 9.17) is 9.98 Å². The highest BCUT2D eigenvalue weighted by Gasteiger charge is 2.16. The van der Waals surface area contributed by atoms with Gasteiger partial charge >= 0.3 is 0 Å². The van der Waals surface area contributed by atoms with Crippen LogP contribution in [0.5, 0.6) is 0 Å². The monoisotopic (exact) mass is 357 g/mol. The van der Waals surface area contributed by atoms with E-state index in [2.05, 4.69) is 43.4 Å². The lowest BCUT2D eigenvalue weighted by Crippen LogP contribution is -2.15. The molecule has 1 N–H and O–H groups in total. The number of hydrogen-bond acceptors (Lipinski definition) is 3. The van der Waals surface area contributed by atoms with E-state index in [9.17, 15) is 4.39 Å². The van der Waals surface area contributed by atoms with Crippen LogP contribution in [0, 0.1) is 12.7 Å². The molecule has 27 heavy (non-hydrogen) atoms. The molecule has 3 aromatic rings. The van der Waals surface area contributed by atoms with Crippen molar-refractivity contribution in [1.82, 2.24) is 0 Å². The second-order valence-corrected chi connectivity index (χ2v) is 6.60. The molecule has 0 saturated carbocycles. The number of halogens is 1. The van der Waals surface area contributed by atoms with Gasteiger partial charge in [0.1, 0.15) is 11.7 Å². The number of amidine groups is 2. The first-order valence-corrected chi connectivity index (χ1v) is 9.02. The van der Waals surface area contributed by atoms with Crippen molar-refractivity contribution >= 4 is 23.0 Å². The van der Waals surface area contributed by atoms with Crippen molar-refractivity contribution in [2.24, 2.45) is 9.98 Å². The molecule has 0 radical (unpaired) electrons. The molecule has 1 aliphatic heterocycles. The van der Waals surface area contributed by atoms with Crippen LogP contribution >= 0.6 is 0 Å². The van der Waals surface area contributed by atoms with Crippen LogP contribution in [0.15, 0.2) is 76.7 Å². The molecule has 1 aliphatic rings. The van der Waals surface area contributed by atoms with Crippen molar-refractivity contribution in [1.29, 1.82) is 0 Å². The number of nitrogens with zero attached hydrogens (tertiary/aromatic N) is 2. The standard InChI is InChI=1S/C23H20FN3/c1-3-16-6-13-20-21(14-16)26-23(17-7-4-15(2)5-8-17)27-22(25-20)18-9-11-19(24)12-10-18/h4-14H,3H2,1-2H3,(H,25,26,27). The minimum absolute atomic E-state index is 0.276. The quantitative estimate of drug-likeness (QED) is 0.646. The molecule has 0 bridgehead atoms.